The van der Waals surface area contributed by atoms with Crippen LogP contribution in [0.4, 0.5) is 0 Å². The van der Waals surface area contributed by atoms with E-state index in [0.717, 1.165) is 37.3 Å². The van der Waals surface area contributed by atoms with E-state index in [4.69, 9.17) is 0 Å². The lowest BCUT2D eigenvalue weighted by atomic mass is 10.1. The van der Waals surface area contributed by atoms with E-state index in [1.54, 1.807) is 6.20 Å². The summed E-state index contributed by atoms with van der Waals surface area (Å²) >= 11 is 0. The summed E-state index contributed by atoms with van der Waals surface area (Å²) < 4.78 is 0. The Morgan fingerprint density at radius 2 is 2.44 bits per heavy atom. The molecule has 0 spiro atoms. The Morgan fingerprint density at radius 3 is 3.19 bits per heavy atom. The van der Waals surface area contributed by atoms with E-state index >= 15 is 0 Å². The van der Waals surface area contributed by atoms with Gasteiger partial charge in [0.15, 0.2) is 0 Å². The van der Waals surface area contributed by atoms with Crippen LogP contribution in [-0.2, 0) is 11.3 Å². The Labute approximate surface area is 95.0 Å². The zero-order chi connectivity index (χ0) is 11.4. The minimum Gasteiger partial charge on any atom is -0.355 e. The largest absolute Gasteiger partial charge is 0.355 e. The third-order valence-electron chi connectivity index (χ3n) is 2.83. The number of aryl methyl sites for hydroxylation is 1. The Balaban J connectivity index is 1.86. The highest BCUT2D eigenvalue weighted by Crippen LogP contribution is 2.06. The molecule has 16 heavy (non-hydrogen) atoms. The maximum atomic E-state index is 11.6. The van der Waals surface area contributed by atoms with Crippen LogP contribution in [0.1, 0.15) is 30.8 Å². The van der Waals surface area contributed by atoms with Crippen LogP contribution in [-0.4, -0.2) is 28.5 Å². The second kappa shape index (κ2) is 5.12. The number of amides is 1. The summed E-state index contributed by atoms with van der Waals surface area (Å²) in [6.07, 6.45) is 4.89. The summed E-state index contributed by atoms with van der Waals surface area (Å²) in [5, 5.41) is 6.17. The molecule has 2 heterocycles. The summed E-state index contributed by atoms with van der Waals surface area (Å²) in [6, 6.07) is -0.0638. The van der Waals surface area contributed by atoms with E-state index in [1.165, 1.54) is 0 Å². The zero-order valence-corrected chi connectivity index (χ0v) is 9.55. The summed E-state index contributed by atoms with van der Waals surface area (Å²) in [4.78, 5) is 18.9. The molecule has 1 saturated heterocycles. The molecule has 5 nitrogen and oxygen atoms in total. The maximum Gasteiger partial charge on any atom is 0.237 e. The SMILES string of the molecule is Cc1ncc(CNC2CCCCNC2=O)[nH]1. The average Bonchev–Trinajstić information content (AvgIpc) is 2.56. The third kappa shape index (κ3) is 2.82. The lowest BCUT2D eigenvalue weighted by molar-refractivity contribution is -0.122. The van der Waals surface area contributed by atoms with Crippen LogP contribution in [0.25, 0.3) is 0 Å². The first-order valence-electron chi connectivity index (χ1n) is 5.77. The molecular weight excluding hydrogens is 204 g/mol. The van der Waals surface area contributed by atoms with Gasteiger partial charge in [-0.15, -0.1) is 0 Å². The standard InChI is InChI=1S/C11H18N4O/c1-8-13-6-9(15-8)7-14-10-4-2-3-5-12-11(10)16/h6,10,14H,2-5,7H2,1H3,(H,12,16)(H,13,15). The van der Waals surface area contributed by atoms with E-state index < -0.39 is 0 Å². The number of carbonyl (C=O) groups excluding carboxylic acids is 1. The van der Waals surface area contributed by atoms with E-state index in [0.29, 0.717) is 6.54 Å². The summed E-state index contributed by atoms with van der Waals surface area (Å²) in [5.74, 6) is 1.02. The molecule has 0 aliphatic carbocycles. The Hall–Kier alpha value is -1.36. The number of hydrogen-bond acceptors (Lipinski definition) is 3. The van der Waals surface area contributed by atoms with Crippen LogP contribution >= 0.6 is 0 Å². The molecule has 88 valence electrons. The van der Waals surface area contributed by atoms with Crippen LogP contribution in [0.15, 0.2) is 6.20 Å². The highest BCUT2D eigenvalue weighted by atomic mass is 16.2. The molecule has 1 fully saturated rings. The van der Waals surface area contributed by atoms with Gasteiger partial charge in [-0.3, -0.25) is 4.79 Å². The molecule has 1 unspecified atom stereocenters. The van der Waals surface area contributed by atoms with E-state index in [1.807, 2.05) is 6.92 Å². The van der Waals surface area contributed by atoms with Gasteiger partial charge in [-0.1, -0.05) is 0 Å². The number of nitrogens with zero attached hydrogens (tertiary/aromatic N) is 1. The van der Waals surface area contributed by atoms with Gasteiger partial charge in [-0.2, -0.15) is 0 Å². The quantitative estimate of drug-likeness (QED) is 0.696. The molecule has 0 bridgehead atoms. The fourth-order valence-corrected chi connectivity index (χ4v) is 1.93. The Kier molecular flexibility index (Phi) is 3.56. The van der Waals surface area contributed by atoms with Crippen LogP contribution in [0.2, 0.25) is 0 Å². The maximum absolute atomic E-state index is 11.6. The van der Waals surface area contributed by atoms with Gasteiger partial charge < -0.3 is 15.6 Å². The minimum absolute atomic E-state index is 0.0638. The molecular formula is C11H18N4O. The van der Waals surface area contributed by atoms with Gasteiger partial charge in [0.1, 0.15) is 5.82 Å². The van der Waals surface area contributed by atoms with Crippen molar-refractivity contribution < 1.29 is 4.79 Å². The summed E-state index contributed by atoms with van der Waals surface area (Å²) in [6.45, 7) is 3.39. The van der Waals surface area contributed by atoms with Crippen LogP contribution in [0.3, 0.4) is 0 Å². The van der Waals surface area contributed by atoms with E-state index in [2.05, 4.69) is 20.6 Å². The highest BCUT2D eigenvalue weighted by Gasteiger charge is 2.19. The lowest BCUT2D eigenvalue weighted by Crippen LogP contribution is -2.42. The van der Waals surface area contributed by atoms with Gasteiger partial charge in [0.25, 0.3) is 0 Å². The molecule has 1 aromatic heterocycles. The van der Waals surface area contributed by atoms with Gasteiger partial charge in [-0.25, -0.2) is 4.98 Å². The first kappa shape index (κ1) is 11.1. The monoisotopic (exact) mass is 222 g/mol. The van der Waals surface area contributed by atoms with Crippen molar-refractivity contribution >= 4 is 5.91 Å². The van der Waals surface area contributed by atoms with Crippen molar-refractivity contribution in [1.29, 1.82) is 0 Å². The summed E-state index contributed by atoms with van der Waals surface area (Å²) in [7, 11) is 0. The fourth-order valence-electron chi connectivity index (χ4n) is 1.93. The first-order chi connectivity index (χ1) is 7.75. The molecule has 1 aliphatic heterocycles. The number of hydrogen-bond donors (Lipinski definition) is 3. The van der Waals surface area contributed by atoms with Crippen molar-refractivity contribution in [2.75, 3.05) is 6.54 Å². The van der Waals surface area contributed by atoms with Gasteiger partial charge >= 0.3 is 0 Å². The van der Waals surface area contributed by atoms with Crippen LogP contribution in [0.5, 0.6) is 0 Å². The topological polar surface area (TPSA) is 69.8 Å². The normalized spacial score (nSPS) is 21.6. The number of carbonyl (C=O) groups is 1. The molecule has 3 N–H and O–H groups in total. The molecule has 0 saturated carbocycles. The van der Waals surface area contributed by atoms with Gasteiger partial charge in [-0.05, 0) is 26.2 Å². The number of H-pyrrole nitrogens is 1. The Bertz CT molecular complexity index is 361. The number of aromatic nitrogens is 2. The molecule has 1 atom stereocenters. The number of imidazole rings is 1. The predicted octanol–water partition coefficient (Wildman–Crippen LogP) is 0.476. The second-order valence-electron chi connectivity index (χ2n) is 4.21. The number of aromatic amines is 1. The Morgan fingerprint density at radius 1 is 1.56 bits per heavy atom. The number of nitrogens with one attached hydrogen (secondary N) is 3. The molecule has 1 aromatic rings. The third-order valence-corrected chi connectivity index (χ3v) is 2.83. The van der Waals surface area contributed by atoms with Crippen molar-refractivity contribution in [3.8, 4) is 0 Å². The average molecular weight is 222 g/mol. The van der Waals surface area contributed by atoms with Gasteiger partial charge in [0, 0.05) is 25.0 Å². The van der Waals surface area contributed by atoms with E-state index in [-0.39, 0.29) is 11.9 Å². The van der Waals surface area contributed by atoms with Crippen LogP contribution < -0.4 is 10.6 Å². The van der Waals surface area contributed by atoms with Crippen molar-refractivity contribution in [2.24, 2.45) is 0 Å². The van der Waals surface area contributed by atoms with E-state index in [9.17, 15) is 4.79 Å². The van der Waals surface area contributed by atoms with Gasteiger partial charge in [0.05, 0.1) is 6.04 Å². The van der Waals surface area contributed by atoms with Crippen molar-refractivity contribution in [3.63, 3.8) is 0 Å². The first-order valence-corrected chi connectivity index (χ1v) is 5.77. The summed E-state index contributed by atoms with van der Waals surface area (Å²) in [5.41, 5.74) is 1.02. The molecule has 0 radical (unpaired) electrons. The molecule has 5 heteroatoms. The van der Waals surface area contributed by atoms with Crippen LogP contribution in [0, 0.1) is 6.92 Å². The lowest BCUT2D eigenvalue weighted by Gasteiger charge is -2.14. The molecule has 0 aromatic carbocycles. The van der Waals surface area contributed by atoms with Gasteiger partial charge in [0.2, 0.25) is 5.91 Å². The number of rotatable bonds is 3. The van der Waals surface area contributed by atoms with Crippen molar-refractivity contribution in [3.05, 3.63) is 17.7 Å². The minimum atomic E-state index is -0.0638. The molecule has 1 amide bonds. The van der Waals surface area contributed by atoms with Crippen molar-refractivity contribution in [1.82, 2.24) is 20.6 Å². The molecule has 1 aliphatic rings. The fraction of sp³-hybridized carbons (Fsp3) is 0.636. The van der Waals surface area contributed by atoms with Crippen molar-refractivity contribution in [2.45, 2.75) is 38.8 Å². The predicted molar refractivity (Wildman–Crippen MR) is 60.8 cm³/mol. The highest BCUT2D eigenvalue weighted by molar-refractivity contribution is 5.81. The zero-order valence-electron chi connectivity index (χ0n) is 9.55. The second-order valence-corrected chi connectivity index (χ2v) is 4.21. The smallest absolute Gasteiger partial charge is 0.237 e. The molecule has 2 rings (SSSR count).